The van der Waals surface area contributed by atoms with Gasteiger partial charge in [-0.2, -0.15) is 0 Å². The summed E-state index contributed by atoms with van der Waals surface area (Å²) in [5.74, 6) is 0.0213. The summed E-state index contributed by atoms with van der Waals surface area (Å²) < 4.78 is 5.18. The van der Waals surface area contributed by atoms with Gasteiger partial charge in [0.05, 0.1) is 12.1 Å². The Morgan fingerprint density at radius 3 is 2.67 bits per heavy atom. The van der Waals surface area contributed by atoms with Crippen LogP contribution < -0.4 is 10.6 Å². The minimum Gasteiger partial charge on any atom is -0.380 e. The van der Waals surface area contributed by atoms with Gasteiger partial charge in [-0.25, -0.2) is 0 Å². The molecule has 5 heteroatoms. The monoisotopic (exact) mass is 291 g/mol. The number of hydrogen-bond acceptors (Lipinski definition) is 4. The Kier molecular flexibility index (Phi) is 5.33. The molecule has 1 aromatic rings. The largest absolute Gasteiger partial charge is 0.380 e. The first-order valence-electron chi connectivity index (χ1n) is 7.40. The summed E-state index contributed by atoms with van der Waals surface area (Å²) >= 11 is 0. The molecule has 0 unspecified atom stereocenters. The van der Waals surface area contributed by atoms with Crippen molar-refractivity contribution >= 4 is 11.6 Å². The van der Waals surface area contributed by atoms with Gasteiger partial charge in [-0.15, -0.1) is 0 Å². The van der Waals surface area contributed by atoms with Crippen molar-refractivity contribution in [3.8, 4) is 0 Å². The number of para-hydroxylation sites is 1. The van der Waals surface area contributed by atoms with E-state index in [2.05, 4.69) is 15.5 Å². The Labute approximate surface area is 126 Å². The molecule has 5 nitrogen and oxygen atoms in total. The van der Waals surface area contributed by atoms with Gasteiger partial charge in [0, 0.05) is 44.5 Å². The molecule has 1 aliphatic heterocycles. The molecule has 0 atom stereocenters. The van der Waals surface area contributed by atoms with Gasteiger partial charge in [-0.1, -0.05) is 18.2 Å². The smallest absolute Gasteiger partial charge is 0.244 e. The van der Waals surface area contributed by atoms with E-state index in [1.807, 2.05) is 38.1 Å². The van der Waals surface area contributed by atoms with E-state index < -0.39 is 5.54 Å². The van der Waals surface area contributed by atoms with Crippen LogP contribution in [0.3, 0.4) is 0 Å². The molecule has 1 aliphatic rings. The summed E-state index contributed by atoms with van der Waals surface area (Å²) in [7, 11) is 1.66. The summed E-state index contributed by atoms with van der Waals surface area (Å²) in [4.78, 5) is 14.9. The Morgan fingerprint density at radius 2 is 2.00 bits per heavy atom. The highest BCUT2D eigenvalue weighted by molar-refractivity contribution is 5.98. The molecule has 2 rings (SSSR count). The van der Waals surface area contributed by atoms with Crippen molar-refractivity contribution in [1.82, 2.24) is 10.2 Å². The van der Waals surface area contributed by atoms with Gasteiger partial charge in [0.25, 0.3) is 0 Å². The van der Waals surface area contributed by atoms with Gasteiger partial charge >= 0.3 is 0 Å². The highest BCUT2D eigenvalue weighted by atomic mass is 16.5. The van der Waals surface area contributed by atoms with Crippen LogP contribution in [0, 0.1) is 0 Å². The first-order valence-corrected chi connectivity index (χ1v) is 7.40. The average Bonchev–Trinajstić information content (AvgIpc) is 2.50. The first kappa shape index (κ1) is 15.9. The summed E-state index contributed by atoms with van der Waals surface area (Å²) in [6.45, 7) is 8.08. The molecule has 1 amide bonds. The minimum atomic E-state index is -0.526. The molecule has 0 radical (unpaired) electrons. The highest BCUT2D eigenvalue weighted by Crippen LogP contribution is 2.21. The molecule has 2 N–H and O–H groups in total. The van der Waals surface area contributed by atoms with Gasteiger partial charge in [0.2, 0.25) is 5.91 Å². The van der Waals surface area contributed by atoms with Gasteiger partial charge in [-0.05, 0) is 19.9 Å². The van der Waals surface area contributed by atoms with Crippen molar-refractivity contribution in [2.45, 2.75) is 26.0 Å². The fourth-order valence-corrected chi connectivity index (χ4v) is 2.57. The molecule has 21 heavy (non-hydrogen) atoms. The molecular weight excluding hydrogens is 266 g/mol. The number of piperazine rings is 1. The first-order chi connectivity index (χ1) is 10.1. The van der Waals surface area contributed by atoms with Crippen LogP contribution in [0.25, 0.3) is 0 Å². The van der Waals surface area contributed by atoms with Crippen LogP contribution in [-0.2, 0) is 16.1 Å². The highest BCUT2D eigenvalue weighted by Gasteiger charge is 2.35. The number of amides is 1. The zero-order valence-corrected chi connectivity index (χ0v) is 13.1. The summed E-state index contributed by atoms with van der Waals surface area (Å²) in [5.41, 5.74) is 1.29. The molecule has 0 aliphatic carbocycles. The molecule has 1 heterocycles. The van der Waals surface area contributed by atoms with Crippen LogP contribution in [0.2, 0.25) is 0 Å². The van der Waals surface area contributed by atoms with Crippen LogP contribution in [-0.4, -0.2) is 49.6 Å². The lowest BCUT2D eigenvalue weighted by molar-refractivity contribution is -0.126. The van der Waals surface area contributed by atoms with Crippen LogP contribution in [0.5, 0.6) is 0 Å². The van der Waals surface area contributed by atoms with Crippen molar-refractivity contribution in [2.24, 2.45) is 0 Å². The van der Waals surface area contributed by atoms with E-state index in [4.69, 9.17) is 4.74 Å². The Balaban J connectivity index is 2.09. The summed E-state index contributed by atoms with van der Waals surface area (Å²) in [6, 6.07) is 7.76. The standard InChI is InChI=1S/C16H25N3O2/c1-16(2,19-10-8-17-9-11-19)15(20)18-14-7-5-4-6-13(14)12-21-3/h4-7,17H,8-12H2,1-3H3,(H,18,20). The van der Waals surface area contributed by atoms with Crippen molar-refractivity contribution in [3.05, 3.63) is 29.8 Å². The number of methoxy groups -OCH3 is 1. The van der Waals surface area contributed by atoms with E-state index in [0.29, 0.717) is 6.61 Å². The van der Waals surface area contributed by atoms with Crippen LogP contribution in [0.1, 0.15) is 19.4 Å². The van der Waals surface area contributed by atoms with Crippen molar-refractivity contribution < 1.29 is 9.53 Å². The number of benzene rings is 1. The van der Waals surface area contributed by atoms with Crippen molar-refractivity contribution in [2.75, 3.05) is 38.6 Å². The average molecular weight is 291 g/mol. The second kappa shape index (κ2) is 7.02. The van der Waals surface area contributed by atoms with Crippen LogP contribution in [0.15, 0.2) is 24.3 Å². The second-order valence-corrected chi connectivity index (χ2v) is 5.84. The van der Waals surface area contributed by atoms with Gasteiger partial charge in [0.15, 0.2) is 0 Å². The van der Waals surface area contributed by atoms with E-state index in [0.717, 1.165) is 37.4 Å². The number of hydrogen-bond donors (Lipinski definition) is 2. The van der Waals surface area contributed by atoms with Crippen molar-refractivity contribution in [1.29, 1.82) is 0 Å². The topological polar surface area (TPSA) is 53.6 Å². The van der Waals surface area contributed by atoms with E-state index in [1.54, 1.807) is 7.11 Å². The normalized spacial score (nSPS) is 16.7. The van der Waals surface area contributed by atoms with E-state index in [-0.39, 0.29) is 5.91 Å². The molecule has 0 bridgehead atoms. The zero-order valence-electron chi connectivity index (χ0n) is 13.1. The third-order valence-corrected chi connectivity index (χ3v) is 4.03. The maximum absolute atomic E-state index is 12.7. The second-order valence-electron chi connectivity index (χ2n) is 5.84. The maximum Gasteiger partial charge on any atom is 0.244 e. The van der Waals surface area contributed by atoms with Crippen LogP contribution in [0.4, 0.5) is 5.69 Å². The fourth-order valence-electron chi connectivity index (χ4n) is 2.57. The number of anilines is 1. The van der Waals surface area contributed by atoms with Gasteiger partial charge < -0.3 is 15.4 Å². The molecule has 1 aromatic carbocycles. The lowest BCUT2D eigenvalue weighted by Crippen LogP contribution is -2.58. The molecule has 0 spiro atoms. The summed E-state index contributed by atoms with van der Waals surface area (Å²) in [5, 5.41) is 6.36. The third kappa shape index (κ3) is 3.81. The number of rotatable bonds is 5. The number of nitrogens with zero attached hydrogens (tertiary/aromatic N) is 1. The van der Waals surface area contributed by atoms with Crippen molar-refractivity contribution in [3.63, 3.8) is 0 Å². The van der Waals surface area contributed by atoms with E-state index in [1.165, 1.54) is 0 Å². The number of nitrogens with one attached hydrogen (secondary N) is 2. The minimum absolute atomic E-state index is 0.0213. The molecule has 0 saturated carbocycles. The zero-order chi connectivity index (χ0) is 15.3. The lowest BCUT2D eigenvalue weighted by Gasteiger charge is -2.39. The number of carbonyl (C=O) groups excluding carboxylic acids is 1. The van der Waals surface area contributed by atoms with E-state index in [9.17, 15) is 4.79 Å². The Bertz CT molecular complexity index is 482. The molecular formula is C16H25N3O2. The molecule has 1 fully saturated rings. The predicted molar refractivity (Wildman–Crippen MR) is 84.3 cm³/mol. The predicted octanol–water partition coefficient (Wildman–Crippen LogP) is 1.46. The maximum atomic E-state index is 12.7. The summed E-state index contributed by atoms with van der Waals surface area (Å²) in [6.07, 6.45) is 0. The SMILES string of the molecule is COCc1ccccc1NC(=O)C(C)(C)N1CCNCC1. The van der Waals surface area contributed by atoms with Gasteiger partial charge in [0.1, 0.15) is 0 Å². The number of carbonyl (C=O) groups is 1. The Morgan fingerprint density at radius 1 is 1.33 bits per heavy atom. The quantitative estimate of drug-likeness (QED) is 0.862. The fraction of sp³-hybridized carbons (Fsp3) is 0.562. The third-order valence-electron chi connectivity index (χ3n) is 4.03. The Hall–Kier alpha value is -1.43. The number of ether oxygens (including phenoxy) is 1. The van der Waals surface area contributed by atoms with E-state index >= 15 is 0 Å². The molecule has 0 aromatic heterocycles. The molecule has 116 valence electrons. The van der Waals surface area contributed by atoms with Gasteiger partial charge in [-0.3, -0.25) is 9.69 Å². The van der Waals surface area contributed by atoms with Crippen LogP contribution >= 0.6 is 0 Å². The molecule has 1 saturated heterocycles. The lowest BCUT2D eigenvalue weighted by atomic mass is 10.00.